The van der Waals surface area contributed by atoms with E-state index in [0.29, 0.717) is 0 Å². The minimum absolute atomic E-state index is 0.00114. The number of aliphatic hydroxyl groups is 1. The summed E-state index contributed by atoms with van der Waals surface area (Å²) in [6, 6.07) is 6.17. The fourth-order valence-corrected chi connectivity index (χ4v) is 2.00. The fraction of sp³-hybridized carbons (Fsp3) is 0.400. The lowest BCUT2D eigenvalue weighted by atomic mass is 10.3. The largest absolute Gasteiger partial charge is 0.395 e. The van der Waals surface area contributed by atoms with E-state index >= 15 is 0 Å². The second-order valence-electron chi connectivity index (χ2n) is 3.16. The first-order chi connectivity index (χ1) is 6.63. The van der Waals surface area contributed by atoms with Crippen molar-refractivity contribution in [3.05, 3.63) is 30.1 Å². The Morgan fingerprint density at radius 2 is 2.29 bits per heavy atom. The van der Waals surface area contributed by atoms with Crippen LogP contribution in [0.3, 0.4) is 0 Å². The van der Waals surface area contributed by atoms with Crippen molar-refractivity contribution in [2.45, 2.75) is 23.1 Å². The van der Waals surface area contributed by atoms with Crippen LogP contribution in [0.15, 0.2) is 29.2 Å². The molecule has 0 fully saturated rings. The minimum Gasteiger partial charge on any atom is -0.395 e. The summed E-state index contributed by atoms with van der Waals surface area (Å²) in [4.78, 5) is 0.793. The third kappa shape index (κ3) is 3.29. The molecular weight excluding hydrogens is 201 g/mol. The Labute approximate surface area is 87.3 Å². The zero-order valence-corrected chi connectivity index (χ0v) is 8.80. The molecular formula is C10H14FNOS. The molecule has 0 aliphatic rings. The van der Waals surface area contributed by atoms with Crippen molar-refractivity contribution >= 4 is 11.8 Å². The van der Waals surface area contributed by atoms with E-state index in [9.17, 15) is 4.39 Å². The quantitative estimate of drug-likeness (QED) is 0.750. The van der Waals surface area contributed by atoms with Gasteiger partial charge in [-0.25, -0.2) is 4.39 Å². The van der Waals surface area contributed by atoms with Crippen LogP contribution in [0.25, 0.3) is 0 Å². The summed E-state index contributed by atoms with van der Waals surface area (Å²) in [6.45, 7) is 1.83. The molecule has 14 heavy (non-hydrogen) atoms. The summed E-state index contributed by atoms with van der Waals surface area (Å²) >= 11 is 1.40. The van der Waals surface area contributed by atoms with E-state index < -0.39 is 0 Å². The average molecular weight is 215 g/mol. The van der Waals surface area contributed by atoms with Crippen LogP contribution in [0.2, 0.25) is 0 Å². The van der Waals surface area contributed by atoms with Crippen molar-refractivity contribution in [3.8, 4) is 0 Å². The van der Waals surface area contributed by atoms with Crippen LogP contribution in [0.4, 0.5) is 4.39 Å². The number of aliphatic hydroxyl groups excluding tert-OH is 1. The summed E-state index contributed by atoms with van der Waals surface area (Å²) in [6.07, 6.45) is 0. The van der Waals surface area contributed by atoms with Gasteiger partial charge in [-0.2, -0.15) is 0 Å². The number of thioether (sulfide) groups is 1. The van der Waals surface area contributed by atoms with Gasteiger partial charge in [0.2, 0.25) is 0 Å². The smallest absolute Gasteiger partial charge is 0.124 e. The van der Waals surface area contributed by atoms with Gasteiger partial charge in [0.25, 0.3) is 0 Å². The number of halogens is 1. The number of benzene rings is 1. The second-order valence-corrected chi connectivity index (χ2v) is 4.47. The number of hydrogen-bond donors (Lipinski definition) is 2. The van der Waals surface area contributed by atoms with Crippen LogP contribution in [-0.2, 0) is 0 Å². The molecule has 0 aliphatic heterocycles. The summed E-state index contributed by atoms with van der Waals surface area (Å²) in [5.74, 6) is -0.267. The molecule has 3 N–H and O–H groups in total. The highest BCUT2D eigenvalue weighted by atomic mass is 32.2. The molecule has 4 heteroatoms. The Balaban J connectivity index is 2.67. The highest BCUT2D eigenvalue weighted by Gasteiger charge is 2.13. The van der Waals surface area contributed by atoms with Crippen LogP contribution in [0.1, 0.15) is 6.92 Å². The van der Waals surface area contributed by atoms with Gasteiger partial charge >= 0.3 is 0 Å². The first kappa shape index (κ1) is 11.5. The van der Waals surface area contributed by atoms with E-state index in [-0.39, 0.29) is 23.7 Å². The molecule has 0 radical (unpaired) electrons. The van der Waals surface area contributed by atoms with Gasteiger partial charge < -0.3 is 10.8 Å². The fourth-order valence-electron chi connectivity index (χ4n) is 1.03. The van der Waals surface area contributed by atoms with Crippen molar-refractivity contribution in [1.82, 2.24) is 0 Å². The molecule has 2 atom stereocenters. The summed E-state index contributed by atoms with van der Waals surface area (Å²) in [5.41, 5.74) is 5.66. The Hall–Kier alpha value is -0.580. The molecule has 2 unspecified atom stereocenters. The zero-order chi connectivity index (χ0) is 10.6. The van der Waals surface area contributed by atoms with Crippen molar-refractivity contribution in [2.24, 2.45) is 5.73 Å². The standard InChI is InChI=1S/C10H14FNOS/c1-7(12)10(6-13)14-9-4-2-3-8(11)5-9/h2-5,7,10,13H,6,12H2,1H3. The molecule has 0 saturated heterocycles. The molecule has 0 saturated carbocycles. The van der Waals surface area contributed by atoms with E-state index in [1.54, 1.807) is 12.1 Å². The predicted molar refractivity (Wildman–Crippen MR) is 56.8 cm³/mol. The van der Waals surface area contributed by atoms with Crippen molar-refractivity contribution < 1.29 is 9.50 Å². The molecule has 0 spiro atoms. The molecule has 1 aromatic carbocycles. The van der Waals surface area contributed by atoms with Crippen LogP contribution in [0.5, 0.6) is 0 Å². The summed E-state index contributed by atoms with van der Waals surface area (Å²) < 4.78 is 12.8. The second kappa shape index (κ2) is 5.34. The molecule has 0 amide bonds. The number of hydrogen-bond acceptors (Lipinski definition) is 3. The Bertz CT molecular complexity index is 293. The van der Waals surface area contributed by atoms with Crippen LogP contribution >= 0.6 is 11.8 Å². The molecule has 0 heterocycles. The van der Waals surface area contributed by atoms with E-state index in [0.717, 1.165) is 4.90 Å². The minimum atomic E-state index is -0.267. The predicted octanol–water partition coefficient (Wildman–Crippen LogP) is 1.63. The number of nitrogens with two attached hydrogens (primary N) is 1. The lowest BCUT2D eigenvalue weighted by Crippen LogP contribution is -2.31. The van der Waals surface area contributed by atoms with Gasteiger partial charge in [0.15, 0.2) is 0 Å². The Kier molecular flexibility index (Phi) is 4.38. The van der Waals surface area contributed by atoms with Gasteiger partial charge in [0, 0.05) is 16.2 Å². The first-order valence-corrected chi connectivity index (χ1v) is 5.30. The maximum atomic E-state index is 12.8. The summed E-state index contributed by atoms with van der Waals surface area (Å²) in [7, 11) is 0. The molecule has 1 rings (SSSR count). The molecule has 0 bridgehead atoms. The average Bonchev–Trinajstić information content (AvgIpc) is 2.14. The topological polar surface area (TPSA) is 46.2 Å². The van der Waals surface area contributed by atoms with Gasteiger partial charge in [-0.3, -0.25) is 0 Å². The van der Waals surface area contributed by atoms with Gasteiger partial charge in [-0.15, -0.1) is 11.8 Å². The van der Waals surface area contributed by atoms with Gasteiger partial charge in [0.05, 0.1) is 6.61 Å². The third-order valence-corrected chi connectivity index (χ3v) is 3.26. The molecule has 0 aliphatic carbocycles. The van der Waals surface area contributed by atoms with E-state index in [4.69, 9.17) is 10.8 Å². The lowest BCUT2D eigenvalue weighted by Gasteiger charge is -2.17. The van der Waals surface area contributed by atoms with E-state index in [1.807, 2.05) is 6.92 Å². The maximum Gasteiger partial charge on any atom is 0.124 e. The maximum absolute atomic E-state index is 12.8. The summed E-state index contributed by atoms with van der Waals surface area (Å²) in [5, 5.41) is 8.95. The van der Waals surface area contributed by atoms with Crippen LogP contribution in [0, 0.1) is 5.82 Å². The third-order valence-electron chi connectivity index (χ3n) is 1.85. The molecule has 0 aromatic heterocycles. The van der Waals surface area contributed by atoms with Crippen LogP contribution < -0.4 is 5.73 Å². The van der Waals surface area contributed by atoms with E-state index in [2.05, 4.69) is 0 Å². The first-order valence-electron chi connectivity index (χ1n) is 4.42. The van der Waals surface area contributed by atoms with Gasteiger partial charge in [-0.1, -0.05) is 6.07 Å². The van der Waals surface area contributed by atoms with Crippen molar-refractivity contribution in [2.75, 3.05) is 6.61 Å². The van der Waals surface area contributed by atoms with Crippen LogP contribution in [-0.4, -0.2) is 23.0 Å². The lowest BCUT2D eigenvalue weighted by molar-refractivity contribution is 0.285. The van der Waals surface area contributed by atoms with Crippen molar-refractivity contribution in [3.63, 3.8) is 0 Å². The molecule has 1 aromatic rings. The highest BCUT2D eigenvalue weighted by Crippen LogP contribution is 2.24. The normalized spacial score (nSPS) is 15.1. The highest BCUT2D eigenvalue weighted by molar-refractivity contribution is 8.00. The Morgan fingerprint density at radius 3 is 2.79 bits per heavy atom. The molecule has 2 nitrogen and oxygen atoms in total. The monoisotopic (exact) mass is 215 g/mol. The van der Waals surface area contributed by atoms with Gasteiger partial charge in [0.1, 0.15) is 5.82 Å². The SMILES string of the molecule is CC(N)C(CO)Sc1cccc(F)c1. The molecule has 78 valence electrons. The zero-order valence-electron chi connectivity index (χ0n) is 7.98. The Morgan fingerprint density at radius 1 is 1.57 bits per heavy atom. The van der Waals surface area contributed by atoms with Crippen molar-refractivity contribution in [1.29, 1.82) is 0 Å². The van der Waals surface area contributed by atoms with Gasteiger partial charge in [-0.05, 0) is 25.1 Å². The van der Waals surface area contributed by atoms with E-state index in [1.165, 1.54) is 23.9 Å². The number of rotatable bonds is 4.